The minimum Gasteiger partial charge on any atom is -0.444 e. The molecule has 0 bridgehead atoms. The second-order valence-electron chi connectivity index (χ2n) is 18.5. The molecule has 60 heavy (non-hydrogen) atoms. The number of amides is 3. The molecule has 9 heteroatoms. The minimum atomic E-state index is -0.654. The van der Waals surface area contributed by atoms with Crippen LogP contribution in [0.4, 0.5) is 26.7 Å². The quantitative estimate of drug-likeness (QED) is 0.0776. The summed E-state index contributed by atoms with van der Waals surface area (Å²) >= 11 is 0. The van der Waals surface area contributed by atoms with Crippen molar-refractivity contribution >= 4 is 35.2 Å². The molecule has 330 valence electrons. The molecule has 1 atom stereocenters. The third kappa shape index (κ3) is 16.8. The number of hydrogen-bond acceptors (Lipinski definition) is 6. The molecule has 0 saturated heterocycles. The SMILES string of the molecule is CCCCCCCCCCCCCCCC(=O)NCCCCCCN1c2cccc(NC(=O)OC(C)(C)C)c2-c2ccc(NC(=O)OC(C)(C)C)cc2C1c1ccccc1. The largest absolute Gasteiger partial charge is 0.444 e. The number of ether oxygens (including phenoxy) is 2. The molecular weight excluding hydrogens is 749 g/mol. The van der Waals surface area contributed by atoms with Gasteiger partial charge in [0, 0.05) is 36.4 Å². The Labute approximate surface area is 362 Å². The predicted octanol–water partition coefficient (Wildman–Crippen LogP) is 14.1. The van der Waals surface area contributed by atoms with E-state index in [2.05, 4.69) is 58.1 Å². The van der Waals surface area contributed by atoms with E-state index in [1.54, 1.807) is 0 Å². The molecule has 3 N–H and O–H groups in total. The Morgan fingerprint density at radius 3 is 1.80 bits per heavy atom. The molecule has 0 aliphatic carbocycles. The van der Waals surface area contributed by atoms with Gasteiger partial charge in [0.1, 0.15) is 11.2 Å². The van der Waals surface area contributed by atoms with Crippen molar-refractivity contribution in [2.75, 3.05) is 28.6 Å². The average molecular weight is 825 g/mol. The van der Waals surface area contributed by atoms with E-state index in [1.807, 2.05) is 77.9 Å². The monoisotopic (exact) mass is 825 g/mol. The van der Waals surface area contributed by atoms with Gasteiger partial charge in [0.15, 0.2) is 0 Å². The number of fused-ring (bicyclic) bond motifs is 3. The number of benzene rings is 3. The van der Waals surface area contributed by atoms with Gasteiger partial charge in [0.25, 0.3) is 0 Å². The van der Waals surface area contributed by atoms with Crippen LogP contribution in [0, 0.1) is 0 Å². The predicted molar refractivity (Wildman–Crippen MR) is 249 cm³/mol. The second-order valence-corrected chi connectivity index (χ2v) is 18.5. The summed E-state index contributed by atoms with van der Waals surface area (Å²) in [6, 6.07) is 22.2. The molecule has 4 rings (SSSR count). The van der Waals surface area contributed by atoms with Crippen molar-refractivity contribution in [1.82, 2.24) is 5.32 Å². The molecule has 1 aliphatic heterocycles. The maximum atomic E-state index is 13.1. The highest BCUT2D eigenvalue weighted by atomic mass is 16.6. The summed E-state index contributed by atoms with van der Waals surface area (Å²) in [5.74, 6) is 0.170. The van der Waals surface area contributed by atoms with E-state index < -0.39 is 23.4 Å². The number of carbonyl (C=O) groups is 3. The number of nitrogens with one attached hydrogen (secondary N) is 3. The summed E-state index contributed by atoms with van der Waals surface area (Å²) in [5.41, 5.74) is 4.99. The highest BCUT2D eigenvalue weighted by Crippen LogP contribution is 2.51. The van der Waals surface area contributed by atoms with Crippen molar-refractivity contribution in [2.24, 2.45) is 0 Å². The molecule has 0 aromatic heterocycles. The van der Waals surface area contributed by atoms with Crippen LogP contribution in [0.5, 0.6) is 0 Å². The Hall–Kier alpha value is -4.53. The highest BCUT2D eigenvalue weighted by Gasteiger charge is 2.34. The van der Waals surface area contributed by atoms with Crippen LogP contribution < -0.4 is 20.9 Å². The van der Waals surface area contributed by atoms with Gasteiger partial charge in [-0.3, -0.25) is 15.4 Å². The zero-order valence-corrected chi connectivity index (χ0v) is 38.1. The van der Waals surface area contributed by atoms with E-state index in [1.165, 1.54) is 70.6 Å². The van der Waals surface area contributed by atoms with E-state index in [4.69, 9.17) is 9.47 Å². The van der Waals surface area contributed by atoms with Gasteiger partial charge >= 0.3 is 12.2 Å². The molecule has 3 amide bonds. The summed E-state index contributed by atoms with van der Waals surface area (Å²) in [6.07, 6.45) is 20.4. The number of carbonyl (C=O) groups excluding carboxylic acids is 3. The average Bonchev–Trinajstić information content (AvgIpc) is 3.18. The van der Waals surface area contributed by atoms with Gasteiger partial charge in [-0.1, -0.05) is 139 Å². The van der Waals surface area contributed by atoms with E-state index in [0.717, 1.165) is 73.0 Å². The van der Waals surface area contributed by atoms with Crippen molar-refractivity contribution in [2.45, 2.75) is 181 Å². The summed E-state index contributed by atoms with van der Waals surface area (Å²) in [7, 11) is 0. The van der Waals surface area contributed by atoms with E-state index in [-0.39, 0.29) is 11.9 Å². The normalized spacial score (nSPS) is 13.6. The second kappa shape index (κ2) is 24.7. The van der Waals surface area contributed by atoms with Gasteiger partial charge in [0.05, 0.1) is 11.7 Å². The maximum absolute atomic E-state index is 13.1. The minimum absolute atomic E-state index is 0.157. The molecule has 0 fully saturated rings. The molecule has 3 aromatic rings. The first-order valence-electron chi connectivity index (χ1n) is 23.1. The highest BCUT2D eigenvalue weighted by molar-refractivity contribution is 6.00. The fourth-order valence-electron chi connectivity index (χ4n) is 8.03. The van der Waals surface area contributed by atoms with E-state index >= 15 is 0 Å². The van der Waals surface area contributed by atoms with Crippen molar-refractivity contribution in [3.63, 3.8) is 0 Å². The molecule has 0 radical (unpaired) electrons. The van der Waals surface area contributed by atoms with Crippen LogP contribution in [0.25, 0.3) is 11.1 Å². The molecule has 1 aliphatic rings. The van der Waals surface area contributed by atoms with E-state index in [9.17, 15) is 14.4 Å². The summed E-state index contributed by atoms with van der Waals surface area (Å²) in [5, 5.41) is 9.14. The molecule has 1 unspecified atom stereocenters. The Morgan fingerprint density at radius 1 is 0.617 bits per heavy atom. The van der Waals surface area contributed by atoms with Gasteiger partial charge in [-0.05, 0) is 102 Å². The number of hydrogen-bond donors (Lipinski definition) is 3. The van der Waals surface area contributed by atoms with Gasteiger partial charge in [-0.2, -0.15) is 0 Å². The Bertz CT molecular complexity index is 1760. The summed E-state index contributed by atoms with van der Waals surface area (Å²) in [6.45, 7) is 14.8. The fourth-order valence-corrected chi connectivity index (χ4v) is 8.03. The Kier molecular flexibility index (Phi) is 19.8. The lowest BCUT2D eigenvalue weighted by Crippen LogP contribution is -2.35. The van der Waals surface area contributed by atoms with Crippen molar-refractivity contribution in [3.05, 3.63) is 77.9 Å². The fraction of sp³-hybridized carbons (Fsp3) is 0.588. The molecular formula is C51H76N4O5. The lowest BCUT2D eigenvalue weighted by Gasteiger charge is -2.41. The van der Waals surface area contributed by atoms with Gasteiger partial charge < -0.3 is 19.7 Å². The first kappa shape index (κ1) is 48.1. The van der Waals surface area contributed by atoms with E-state index in [0.29, 0.717) is 24.3 Å². The number of rotatable bonds is 24. The van der Waals surface area contributed by atoms with Crippen LogP contribution in [0.3, 0.4) is 0 Å². The third-order valence-corrected chi connectivity index (χ3v) is 10.8. The van der Waals surface area contributed by atoms with Crippen LogP contribution in [0.2, 0.25) is 0 Å². The van der Waals surface area contributed by atoms with Crippen molar-refractivity contribution < 1.29 is 23.9 Å². The topological polar surface area (TPSA) is 109 Å². The molecule has 0 spiro atoms. The Balaban J connectivity index is 1.35. The van der Waals surface area contributed by atoms with Gasteiger partial charge in [-0.25, -0.2) is 9.59 Å². The summed E-state index contributed by atoms with van der Waals surface area (Å²) in [4.78, 5) is 41.0. The number of nitrogens with zero attached hydrogens (tertiary/aromatic N) is 1. The first-order chi connectivity index (χ1) is 28.8. The van der Waals surface area contributed by atoms with Crippen LogP contribution >= 0.6 is 0 Å². The Morgan fingerprint density at radius 2 is 1.18 bits per heavy atom. The van der Waals surface area contributed by atoms with Crippen LogP contribution in [0.15, 0.2) is 66.7 Å². The standard InChI is InChI=1S/C51H76N4O5/c1-8-9-10-11-12-13-14-15-16-17-18-19-25-33-45(56)52-36-26-20-21-27-37-55-44-32-28-31-43(54-49(58)60-51(5,6)7)46(44)41-35-34-40(53-48(57)59-50(2,3)4)38-42(41)47(55)39-29-23-22-24-30-39/h22-24,28-32,34-35,38,47H,8-21,25-27,33,36-37H2,1-7H3,(H,52,56)(H,53,57)(H,54,58). The smallest absolute Gasteiger partial charge is 0.412 e. The van der Waals surface area contributed by atoms with Crippen molar-refractivity contribution in [3.8, 4) is 11.1 Å². The van der Waals surface area contributed by atoms with Gasteiger partial charge in [0.2, 0.25) is 5.91 Å². The van der Waals surface area contributed by atoms with Gasteiger partial charge in [-0.15, -0.1) is 0 Å². The molecule has 3 aromatic carbocycles. The first-order valence-corrected chi connectivity index (χ1v) is 23.1. The lowest BCUT2D eigenvalue weighted by atomic mass is 9.83. The molecule has 1 heterocycles. The van der Waals surface area contributed by atoms with Crippen LogP contribution in [-0.4, -0.2) is 42.4 Å². The third-order valence-electron chi connectivity index (χ3n) is 10.8. The molecule has 0 saturated carbocycles. The zero-order valence-electron chi connectivity index (χ0n) is 38.1. The van der Waals surface area contributed by atoms with Crippen molar-refractivity contribution in [1.29, 1.82) is 0 Å². The van der Waals surface area contributed by atoms with Crippen LogP contribution in [0.1, 0.15) is 181 Å². The summed E-state index contributed by atoms with van der Waals surface area (Å²) < 4.78 is 11.3. The number of anilines is 3. The maximum Gasteiger partial charge on any atom is 0.412 e. The lowest BCUT2D eigenvalue weighted by molar-refractivity contribution is -0.121. The van der Waals surface area contributed by atoms with Crippen LogP contribution in [-0.2, 0) is 14.3 Å². The zero-order chi connectivity index (χ0) is 43.4. The number of unbranched alkanes of at least 4 members (excludes halogenated alkanes) is 15. The molecule has 9 nitrogen and oxygen atoms in total.